The summed E-state index contributed by atoms with van der Waals surface area (Å²) in [5.74, 6) is 0. The van der Waals surface area contributed by atoms with Crippen LogP contribution in [0, 0.1) is 76.2 Å². The van der Waals surface area contributed by atoms with Crippen molar-refractivity contribution in [1.82, 2.24) is 0 Å². The molecule has 0 radical (unpaired) electrons. The van der Waals surface area contributed by atoms with Crippen LogP contribution in [0.2, 0.25) is 0 Å². The van der Waals surface area contributed by atoms with Gasteiger partial charge in [0.1, 0.15) is 0 Å². The van der Waals surface area contributed by atoms with Gasteiger partial charge < -0.3 is 0 Å². The topological polar surface area (TPSA) is 0 Å². The molecule has 0 aromatic heterocycles. The Morgan fingerprint density at radius 1 is 0.346 bits per heavy atom. The number of halogens is 3. The number of fused-ring (bicyclic) bond motifs is 4. The van der Waals surface area contributed by atoms with Crippen molar-refractivity contribution in [3.8, 4) is 11.1 Å². The molecule has 3 heteroatoms. The number of hydrogen-bond donors (Lipinski definition) is 0. The largest absolute Gasteiger partial charge is 0.416 e. The minimum absolute atomic E-state index is 0.271. The van der Waals surface area contributed by atoms with E-state index in [4.69, 9.17) is 0 Å². The Hall–Kier alpha value is -7.23. The first kappa shape index (κ1) is 60.0. The highest BCUT2D eigenvalue weighted by molar-refractivity contribution is 5.86. The van der Waals surface area contributed by atoms with Gasteiger partial charge in [-0.1, -0.05) is 248 Å². The molecule has 1 unspecified atom stereocenters. The standard InChI is InChI=1S/C27H22.C11H14.C11H16.C10H14.C8H7F3.C8H10/c1-19-12-15-22(16-13-19)27(21-8-4-3-5-9-21)25-11-7-6-10-23(25)24-17-14-20(2)18-26(24)27;1-9-5-4-7-10-6-2-3-8-11(9)10;1-9-5-7-10(8-6-9)11(2,3)4;1-7-5-8(2)10(4)9(3)6-7;1-6-2-4-7(5-3-6)8(9,10)11;1-7-3-5-8(2)6-4-7/h3-18H,1-2H3;4-5,7H,2-3,6,8H2,1H3;5-8H,1-4H3;5-6H,1-4H3;2-5H,1H3;3-6H,1-2H3. The molecule has 0 nitrogen and oxygen atoms in total. The number of aryl methyl sites for hydroxylation is 11. The molecule has 404 valence electrons. The van der Waals surface area contributed by atoms with Crippen molar-refractivity contribution in [3.05, 3.63) is 306 Å². The van der Waals surface area contributed by atoms with Gasteiger partial charge in [-0.15, -0.1) is 0 Å². The summed E-state index contributed by atoms with van der Waals surface area (Å²) in [4.78, 5) is 0. The Balaban J connectivity index is 0.000000163. The van der Waals surface area contributed by atoms with E-state index in [1.165, 1.54) is 132 Å². The van der Waals surface area contributed by atoms with Crippen molar-refractivity contribution in [2.24, 2.45) is 0 Å². The van der Waals surface area contributed by atoms with Gasteiger partial charge in [0.2, 0.25) is 0 Å². The van der Waals surface area contributed by atoms with Crippen molar-refractivity contribution in [3.63, 3.8) is 0 Å². The maximum absolute atomic E-state index is 11.9. The molecule has 0 bridgehead atoms. The van der Waals surface area contributed by atoms with E-state index in [0.29, 0.717) is 0 Å². The minimum atomic E-state index is -4.21. The van der Waals surface area contributed by atoms with Gasteiger partial charge in [-0.2, -0.15) is 13.2 Å². The van der Waals surface area contributed by atoms with Crippen molar-refractivity contribution in [2.45, 2.75) is 140 Å². The van der Waals surface area contributed by atoms with Crippen LogP contribution >= 0.6 is 0 Å². The van der Waals surface area contributed by atoms with E-state index in [0.717, 1.165) is 17.7 Å². The summed E-state index contributed by atoms with van der Waals surface area (Å²) in [6.45, 7) is 30.0. The summed E-state index contributed by atoms with van der Waals surface area (Å²) >= 11 is 0. The van der Waals surface area contributed by atoms with Gasteiger partial charge in [0.05, 0.1) is 11.0 Å². The summed E-state index contributed by atoms with van der Waals surface area (Å²) in [6, 6.07) is 69.2. The quantitative estimate of drug-likeness (QED) is 0.162. The second-order valence-electron chi connectivity index (χ2n) is 22.7. The molecule has 11 rings (SSSR count). The van der Waals surface area contributed by atoms with Crippen LogP contribution in [0.15, 0.2) is 200 Å². The molecular formula is C75H83F3. The van der Waals surface area contributed by atoms with Crippen molar-refractivity contribution < 1.29 is 13.2 Å². The Kier molecular flexibility index (Phi) is 20.7. The first-order chi connectivity index (χ1) is 37.0. The molecule has 2 aliphatic carbocycles. The Morgan fingerprint density at radius 3 is 1.29 bits per heavy atom. The lowest BCUT2D eigenvalue weighted by atomic mass is 9.67. The van der Waals surface area contributed by atoms with Crippen LogP contribution in [0.4, 0.5) is 13.2 Å². The molecule has 78 heavy (non-hydrogen) atoms. The maximum Gasteiger partial charge on any atom is 0.416 e. The highest BCUT2D eigenvalue weighted by atomic mass is 19.4. The first-order valence-corrected chi connectivity index (χ1v) is 27.7. The van der Waals surface area contributed by atoms with Crippen LogP contribution < -0.4 is 0 Å². The summed E-state index contributed by atoms with van der Waals surface area (Å²) in [5.41, 5.74) is 26.6. The molecule has 0 aliphatic heterocycles. The second-order valence-corrected chi connectivity index (χ2v) is 22.7. The van der Waals surface area contributed by atoms with E-state index in [9.17, 15) is 13.2 Å². The van der Waals surface area contributed by atoms with E-state index in [-0.39, 0.29) is 10.8 Å². The molecule has 0 saturated carbocycles. The normalized spacial score (nSPS) is 13.8. The number of alkyl halides is 3. The number of benzene rings is 9. The molecule has 0 saturated heterocycles. The van der Waals surface area contributed by atoms with E-state index in [2.05, 4.69) is 266 Å². The maximum atomic E-state index is 11.9. The van der Waals surface area contributed by atoms with Crippen LogP contribution in [-0.2, 0) is 29.8 Å². The lowest BCUT2D eigenvalue weighted by Gasteiger charge is -2.34. The predicted octanol–water partition coefficient (Wildman–Crippen LogP) is 21.1. The summed E-state index contributed by atoms with van der Waals surface area (Å²) < 4.78 is 35.8. The molecule has 0 heterocycles. The van der Waals surface area contributed by atoms with E-state index < -0.39 is 11.7 Å². The van der Waals surface area contributed by atoms with Gasteiger partial charge in [-0.3, -0.25) is 0 Å². The van der Waals surface area contributed by atoms with Gasteiger partial charge in [0.15, 0.2) is 0 Å². The van der Waals surface area contributed by atoms with Crippen molar-refractivity contribution in [1.29, 1.82) is 0 Å². The highest BCUT2D eigenvalue weighted by Gasteiger charge is 2.46. The Labute approximate surface area is 467 Å². The predicted molar refractivity (Wildman–Crippen MR) is 328 cm³/mol. The van der Waals surface area contributed by atoms with Crippen LogP contribution in [0.5, 0.6) is 0 Å². The van der Waals surface area contributed by atoms with E-state index in [1.807, 2.05) is 0 Å². The summed E-state index contributed by atoms with van der Waals surface area (Å²) in [5, 5.41) is 0. The Morgan fingerprint density at radius 2 is 0.782 bits per heavy atom. The van der Waals surface area contributed by atoms with Gasteiger partial charge in [-0.25, -0.2) is 0 Å². The third-order valence-electron chi connectivity index (χ3n) is 15.1. The number of hydrogen-bond acceptors (Lipinski definition) is 0. The third-order valence-corrected chi connectivity index (χ3v) is 15.1. The minimum Gasteiger partial charge on any atom is -0.166 e. The molecule has 1 atom stereocenters. The Bertz CT molecular complexity index is 3210. The SMILES string of the molecule is Cc1cc(C)c(C)c(C)c1.Cc1ccc(C(C)(C)C)cc1.Cc1ccc(C(F)(F)F)cc1.Cc1ccc(C)cc1.Cc1ccc(C2(c3ccccc3)c3ccccc3-c3ccc(C)cc32)cc1.Cc1cccc2c1CCCC2. The summed E-state index contributed by atoms with van der Waals surface area (Å²) in [7, 11) is 0. The molecule has 9 aromatic rings. The molecule has 9 aromatic carbocycles. The third kappa shape index (κ3) is 15.7. The highest BCUT2D eigenvalue weighted by Crippen LogP contribution is 2.56. The molecule has 0 spiro atoms. The average Bonchev–Trinajstić information content (AvgIpc) is 3.91. The lowest BCUT2D eigenvalue weighted by molar-refractivity contribution is -0.137. The zero-order valence-electron chi connectivity index (χ0n) is 49.0. The van der Waals surface area contributed by atoms with Crippen molar-refractivity contribution >= 4 is 0 Å². The fourth-order valence-corrected chi connectivity index (χ4v) is 10.3. The molecule has 0 fully saturated rings. The zero-order chi connectivity index (χ0) is 56.8. The smallest absolute Gasteiger partial charge is 0.166 e. The van der Waals surface area contributed by atoms with Gasteiger partial charge in [0.25, 0.3) is 0 Å². The fourth-order valence-electron chi connectivity index (χ4n) is 10.3. The van der Waals surface area contributed by atoms with Crippen molar-refractivity contribution in [2.75, 3.05) is 0 Å². The van der Waals surface area contributed by atoms with Crippen LogP contribution in [0.3, 0.4) is 0 Å². The number of rotatable bonds is 2. The van der Waals surface area contributed by atoms with Crippen LogP contribution in [0.25, 0.3) is 11.1 Å². The van der Waals surface area contributed by atoms with Gasteiger partial charge in [0, 0.05) is 0 Å². The van der Waals surface area contributed by atoms with E-state index in [1.54, 1.807) is 18.1 Å². The zero-order valence-corrected chi connectivity index (χ0v) is 49.0. The van der Waals surface area contributed by atoms with Crippen LogP contribution in [0.1, 0.15) is 139 Å². The molecule has 0 amide bonds. The molecule has 0 N–H and O–H groups in total. The van der Waals surface area contributed by atoms with E-state index >= 15 is 0 Å². The van der Waals surface area contributed by atoms with Gasteiger partial charge >= 0.3 is 6.18 Å². The lowest BCUT2D eigenvalue weighted by Crippen LogP contribution is -2.28. The van der Waals surface area contributed by atoms with Gasteiger partial charge in [-0.05, 0) is 192 Å². The average molecular weight is 1040 g/mol. The van der Waals surface area contributed by atoms with Crippen LogP contribution in [-0.4, -0.2) is 0 Å². The first-order valence-electron chi connectivity index (χ1n) is 27.7. The monoisotopic (exact) mass is 1040 g/mol. The molecule has 2 aliphatic rings. The second kappa shape index (κ2) is 26.9. The summed E-state index contributed by atoms with van der Waals surface area (Å²) in [6.07, 6.45) is 1.17. The molecular weight excluding hydrogens is 958 g/mol. The fraction of sp³-hybridized carbons (Fsp3) is 0.280.